The third-order valence-electron chi connectivity index (χ3n) is 5.44. The average molecular weight is 415 g/mol. The van der Waals surface area contributed by atoms with E-state index in [1.165, 1.54) is 17.4 Å². The highest BCUT2D eigenvalue weighted by Gasteiger charge is 2.39. The third kappa shape index (κ3) is 4.18. The maximum Gasteiger partial charge on any atom is 0.208 e. The minimum atomic E-state index is -0.313. The van der Waals surface area contributed by atoms with Gasteiger partial charge >= 0.3 is 0 Å². The van der Waals surface area contributed by atoms with Crippen molar-refractivity contribution in [1.29, 1.82) is 0 Å². The summed E-state index contributed by atoms with van der Waals surface area (Å²) in [7, 11) is 2.06. The van der Waals surface area contributed by atoms with Gasteiger partial charge in [0.15, 0.2) is 5.01 Å². The molecule has 0 bridgehead atoms. The highest BCUT2D eigenvalue weighted by Crippen LogP contribution is 2.36. The van der Waals surface area contributed by atoms with E-state index < -0.39 is 0 Å². The van der Waals surface area contributed by atoms with E-state index in [4.69, 9.17) is 0 Å². The van der Waals surface area contributed by atoms with E-state index in [2.05, 4.69) is 65.4 Å². The van der Waals surface area contributed by atoms with E-state index in [9.17, 15) is 4.39 Å². The zero-order valence-electron chi connectivity index (χ0n) is 17.5. The first-order valence-electron chi connectivity index (χ1n) is 9.79. The fourth-order valence-electron chi connectivity index (χ4n) is 4.44. The van der Waals surface area contributed by atoms with Crippen LogP contribution in [0.1, 0.15) is 40.5 Å². The lowest BCUT2D eigenvalue weighted by Gasteiger charge is -2.48. The lowest BCUT2D eigenvalue weighted by atomic mass is 9.79. The van der Waals surface area contributed by atoms with Crippen molar-refractivity contribution in [2.75, 3.05) is 11.9 Å². The van der Waals surface area contributed by atoms with Crippen molar-refractivity contribution in [2.24, 2.45) is 0 Å². The van der Waals surface area contributed by atoms with E-state index in [0.717, 1.165) is 29.2 Å². The number of hydrogen-bond donors (Lipinski definition) is 2. The molecule has 1 aromatic carbocycles. The lowest BCUT2D eigenvalue weighted by Crippen LogP contribution is -2.61. The zero-order chi connectivity index (χ0) is 20.8. The fourth-order valence-corrected chi connectivity index (χ4v) is 5.34. The second-order valence-corrected chi connectivity index (χ2v) is 10.1. The molecular formula is C21H27FN6S. The molecule has 0 aliphatic carbocycles. The highest BCUT2D eigenvalue weighted by molar-refractivity contribution is 7.18. The number of piperidine rings is 1. The van der Waals surface area contributed by atoms with Crippen LogP contribution in [0.25, 0.3) is 21.8 Å². The van der Waals surface area contributed by atoms with Crippen LogP contribution >= 0.6 is 11.3 Å². The summed E-state index contributed by atoms with van der Waals surface area (Å²) in [4.78, 5) is 2.20. The Labute approximate surface area is 174 Å². The number of halogens is 1. The molecule has 1 saturated heterocycles. The number of aromatic nitrogens is 4. The van der Waals surface area contributed by atoms with Gasteiger partial charge in [-0.15, -0.1) is 10.2 Å². The molecule has 6 nitrogen and oxygen atoms in total. The second-order valence-electron chi connectivity index (χ2n) is 9.12. The number of nitrogens with one attached hydrogen (secondary N) is 2. The molecule has 1 aliphatic rings. The summed E-state index contributed by atoms with van der Waals surface area (Å²) in [6.07, 6.45) is 3.67. The van der Waals surface area contributed by atoms with Gasteiger partial charge < -0.3 is 10.2 Å². The van der Waals surface area contributed by atoms with Gasteiger partial charge in [-0.25, -0.2) is 4.39 Å². The minimum Gasteiger partial charge on any atom is -0.347 e. The average Bonchev–Trinajstić information content (AvgIpc) is 3.30. The molecule has 4 rings (SSSR count). The molecule has 3 aromatic rings. The number of rotatable bonds is 4. The number of benzene rings is 1. The predicted octanol–water partition coefficient (Wildman–Crippen LogP) is 4.48. The van der Waals surface area contributed by atoms with Crippen molar-refractivity contribution in [2.45, 2.75) is 57.7 Å². The van der Waals surface area contributed by atoms with Gasteiger partial charge in [-0.3, -0.25) is 5.10 Å². The zero-order valence-corrected chi connectivity index (χ0v) is 18.3. The molecule has 1 fully saturated rings. The summed E-state index contributed by atoms with van der Waals surface area (Å²) >= 11 is 1.43. The Morgan fingerprint density at radius 1 is 1.10 bits per heavy atom. The Kier molecular flexibility index (Phi) is 4.94. The van der Waals surface area contributed by atoms with E-state index in [0.29, 0.717) is 16.6 Å². The molecule has 1 aliphatic heterocycles. The molecule has 0 unspecified atom stereocenters. The Morgan fingerprint density at radius 3 is 2.45 bits per heavy atom. The topological polar surface area (TPSA) is 69.7 Å². The number of H-pyrrole nitrogens is 1. The van der Waals surface area contributed by atoms with Crippen molar-refractivity contribution >= 4 is 16.5 Å². The number of hydrogen-bond acceptors (Lipinski definition) is 6. The van der Waals surface area contributed by atoms with Crippen molar-refractivity contribution in [3.63, 3.8) is 0 Å². The highest BCUT2D eigenvalue weighted by atomic mass is 32.1. The Balaban J connectivity index is 1.57. The molecule has 2 aromatic heterocycles. The van der Waals surface area contributed by atoms with Crippen LogP contribution in [0.15, 0.2) is 30.5 Å². The summed E-state index contributed by atoms with van der Waals surface area (Å²) in [6.45, 7) is 8.93. The minimum absolute atomic E-state index is 0.0445. The molecule has 0 spiro atoms. The SMILES string of the molecule is CN(c1nnc(-c2ccc(-c3ccn[nH]3)cc2F)s1)C1CC(C)(C)NC(C)(C)C1. The molecule has 0 radical (unpaired) electrons. The smallest absolute Gasteiger partial charge is 0.208 e. The molecule has 29 heavy (non-hydrogen) atoms. The third-order valence-corrected chi connectivity index (χ3v) is 6.49. The normalized spacial score (nSPS) is 18.7. The standard InChI is InChI=1S/C21H27FN6S/c1-20(2)11-14(12-21(3,4)27-20)28(5)19-26-25-18(29-19)15-7-6-13(10-16(15)22)17-8-9-23-24-17/h6-10,14,27H,11-12H2,1-5H3,(H,23,24). The number of nitrogens with zero attached hydrogens (tertiary/aromatic N) is 4. The van der Waals surface area contributed by atoms with Gasteiger partial charge in [0.1, 0.15) is 5.82 Å². The van der Waals surface area contributed by atoms with E-state index >= 15 is 0 Å². The van der Waals surface area contributed by atoms with E-state index in [-0.39, 0.29) is 16.9 Å². The van der Waals surface area contributed by atoms with Crippen molar-refractivity contribution in [3.8, 4) is 21.8 Å². The van der Waals surface area contributed by atoms with Crippen LogP contribution in [-0.2, 0) is 0 Å². The monoisotopic (exact) mass is 414 g/mol. The lowest BCUT2D eigenvalue weighted by molar-refractivity contribution is 0.161. The molecule has 0 atom stereocenters. The largest absolute Gasteiger partial charge is 0.347 e. The first kappa shape index (κ1) is 20.0. The maximum absolute atomic E-state index is 14.8. The molecule has 0 amide bonds. The van der Waals surface area contributed by atoms with E-state index in [1.54, 1.807) is 12.3 Å². The first-order chi connectivity index (χ1) is 13.6. The molecule has 154 valence electrons. The quantitative estimate of drug-likeness (QED) is 0.659. The van der Waals surface area contributed by atoms with Crippen molar-refractivity contribution in [1.82, 2.24) is 25.7 Å². The van der Waals surface area contributed by atoms with Crippen LogP contribution in [0.2, 0.25) is 0 Å². The van der Waals surface area contributed by atoms with Crippen LogP contribution < -0.4 is 10.2 Å². The summed E-state index contributed by atoms with van der Waals surface area (Å²) in [5.74, 6) is -0.313. The number of aromatic amines is 1. The summed E-state index contributed by atoms with van der Waals surface area (Å²) in [5, 5.41) is 20.5. The molecule has 0 saturated carbocycles. The van der Waals surface area contributed by atoms with Gasteiger partial charge in [-0.2, -0.15) is 5.10 Å². The number of anilines is 1. The predicted molar refractivity (Wildman–Crippen MR) is 116 cm³/mol. The van der Waals surface area contributed by atoms with Gasteiger partial charge in [0, 0.05) is 41.5 Å². The second kappa shape index (κ2) is 7.18. The first-order valence-corrected chi connectivity index (χ1v) is 10.6. The molecule has 2 N–H and O–H groups in total. The van der Waals surface area contributed by atoms with Crippen LogP contribution in [0.4, 0.5) is 9.52 Å². The molecule has 3 heterocycles. The Morgan fingerprint density at radius 2 is 1.83 bits per heavy atom. The summed E-state index contributed by atoms with van der Waals surface area (Å²) in [6, 6.07) is 7.29. The van der Waals surface area contributed by atoms with Crippen molar-refractivity contribution < 1.29 is 4.39 Å². The summed E-state index contributed by atoms with van der Waals surface area (Å²) in [5.41, 5.74) is 2.09. The summed E-state index contributed by atoms with van der Waals surface area (Å²) < 4.78 is 14.8. The van der Waals surface area contributed by atoms with Crippen LogP contribution in [0.5, 0.6) is 0 Å². The molecular weight excluding hydrogens is 387 g/mol. The van der Waals surface area contributed by atoms with Gasteiger partial charge in [-0.05, 0) is 58.7 Å². The van der Waals surface area contributed by atoms with Gasteiger partial charge in [0.2, 0.25) is 5.13 Å². The molecule has 8 heteroatoms. The fraction of sp³-hybridized carbons (Fsp3) is 0.476. The Hall–Kier alpha value is -2.32. The van der Waals surface area contributed by atoms with E-state index in [1.807, 2.05) is 12.1 Å². The maximum atomic E-state index is 14.8. The van der Waals surface area contributed by atoms with Crippen LogP contribution in [0, 0.1) is 5.82 Å². The van der Waals surface area contributed by atoms with Crippen LogP contribution in [0.3, 0.4) is 0 Å². The Bertz CT molecular complexity index is 979. The van der Waals surface area contributed by atoms with Gasteiger partial charge in [-0.1, -0.05) is 17.4 Å². The van der Waals surface area contributed by atoms with Gasteiger partial charge in [0.25, 0.3) is 0 Å². The van der Waals surface area contributed by atoms with Crippen molar-refractivity contribution in [3.05, 3.63) is 36.3 Å². The van der Waals surface area contributed by atoms with Crippen LogP contribution in [-0.4, -0.2) is 44.6 Å². The van der Waals surface area contributed by atoms with Gasteiger partial charge in [0.05, 0.1) is 5.69 Å².